The van der Waals surface area contributed by atoms with E-state index in [0.29, 0.717) is 5.76 Å². The van der Waals surface area contributed by atoms with Gasteiger partial charge in [-0.1, -0.05) is 6.92 Å². The molecule has 1 unspecified atom stereocenters. The van der Waals surface area contributed by atoms with Crippen molar-refractivity contribution in [2.75, 3.05) is 6.54 Å². The number of nitrogens with zero attached hydrogens (tertiary/aromatic N) is 1. The van der Waals surface area contributed by atoms with Crippen molar-refractivity contribution in [3.05, 3.63) is 23.7 Å². The number of hydrogen-bond acceptors (Lipinski definition) is 3. The van der Waals surface area contributed by atoms with Crippen molar-refractivity contribution in [3.8, 4) is 0 Å². The first-order valence-corrected chi connectivity index (χ1v) is 5.87. The number of carboxylic acid groups (broad SMARTS) is 1. The van der Waals surface area contributed by atoms with Gasteiger partial charge in [-0.2, -0.15) is 0 Å². The Balaban J connectivity index is 2.94. The molecule has 1 atom stereocenters. The fourth-order valence-corrected chi connectivity index (χ4v) is 2.18. The molecule has 0 bridgehead atoms. The quantitative estimate of drug-likeness (QED) is 0.876. The average molecular weight is 239 g/mol. The predicted octanol–water partition coefficient (Wildman–Crippen LogP) is 3.16. The lowest BCUT2D eigenvalue weighted by molar-refractivity contribution is 0.0638. The lowest BCUT2D eigenvalue weighted by atomic mass is 10.0. The first-order chi connectivity index (χ1) is 7.77. The number of carboxylic acids is 1. The zero-order valence-electron chi connectivity index (χ0n) is 11.2. The summed E-state index contributed by atoms with van der Waals surface area (Å²) in [5.74, 6) is -0.335. The first-order valence-electron chi connectivity index (χ1n) is 5.87. The maximum Gasteiger partial charge on any atom is 0.371 e. The summed E-state index contributed by atoms with van der Waals surface area (Å²) in [5.41, 5.74) is 0.0182. The lowest BCUT2D eigenvalue weighted by Crippen LogP contribution is -2.42. The van der Waals surface area contributed by atoms with Crippen LogP contribution >= 0.6 is 0 Å². The van der Waals surface area contributed by atoms with Crippen LogP contribution < -0.4 is 0 Å². The van der Waals surface area contributed by atoms with Gasteiger partial charge in [0.05, 0.1) is 6.04 Å². The molecule has 0 saturated heterocycles. The molecule has 0 radical (unpaired) electrons. The molecule has 0 aliphatic rings. The third-order valence-corrected chi connectivity index (χ3v) is 2.92. The van der Waals surface area contributed by atoms with E-state index in [0.717, 1.165) is 6.54 Å². The van der Waals surface area contributed by atoms with E-state index in [2.05, 4.69) is 32.6 Å². The van der Waals surface area contributed by atoms with Crippen LogP contribution in [0, 0.1) is 0 Å². The van der Waals surface area contributed by atoms with Gasteiger partial charge in [0, 0.05) is 5.54 Å². The van der Waals surface area contributed by atoms with Gasteiger partial charge in [0.15, 0.2) is 0 Å². The molecule has 0 aliphatic heterocycles. The third kappa shape index (κ3) is 3.09. The third-order valence-electron chi connectivity index (χ3n) is 2.92. The Labute approximate surface area is 102 Å². The van der Waals surface area contributed by atoms with Crippen molar-refractivity contribution in [3.63, 3.8) is 0 Å². The Morgan fingerprint density at radius 1 is 1.47 bits per heavy atom. The van der Waals surface area contributed by atoms with Gasteiger partial charge in [-0.15, -0.1) is 0 Å². The minimum Gasteiger partial charge on any atom is -0.475 e. The topological polar surface area (TPSA) is 53.7 Å². The molecule has 17 heavy (non-hydrogen) atoms. The van der Waals surface area contributed by atoms with E-state index < -0.39 is 5.97 Å². The van der Waals surface area contributed by atoms with E-state index >= 15 is 0 Å². The molecule has 0 fully saturated rings. The lowest BCUT2D eigenvalue weighted by Gasteiger charge is -2.38. The number of furan rings is 1. The predicted molar refractivity (Wildman–Crippen MR) is 66.2 cm³/mol. The molecule has 1 aromatic rings. The second-order valence-electron chi connectivity index (χ2n) is 5.14. The summed E-state index contributed by atoms with van der Waals surface area (Å²) in [4.78, 5) is 13.0. The molecular weight excluding hydrogens is 218 g/mol. The zero-order valence-corrected chi connectivity index (χ0v) is 11.2. The minimum atomic E-state index is -1.03. The van der Waals surface area contributed by atoms with Crippen molar-refractivity contribution in [2.45, 2.75) is 46.2 Å². The van der Waals surface area contributed by atoms with Gasteiger partial charge < -0.3 is 9.52 Å². The summed E-state index contributed by atoms with van der Waals surface area (Å²) >= 11 is 0. The fraction of sp³-hybridized carbons (Fsp3) is 0.615. The van der Waals surface area contributed by atoms with Crippen molar-refractivity contribution >= 4 is 5.97 Å². The van der Waals surface area contributed by atoms with Crippen molar-refractivity contribution in [1.82, 2.24) is 4.90 Å². The summed E-state index contributed by atoms with van der Waals surface area (Å²) in [6.07, 6.45) is 0. The van der Waals surface area contributed by atoms with Gasteiger partial charge in [-0.25, -0.2) is 4.79 Å². The SMILES string of the molecule is CCN(C(C)c1ccc(C(=O)O)o1)C(C)(C)C. The number of carbonyl (C=O) groups is 1. The highest BCUT2D eigenvalue weighted by molar-refractivity contribution is 5.84. The van der Waals surface area contributed by atoms with Crippen LogP contribution in [0.2, 0.25) is 0 Å². The molecule has 0 amide bonds. The van der Waals surface area contributed by atoms with E-state index in [1.807, 2.05) is 6.92 Å². The van der Waals surface area contributed by atoms with Crippen LogP contribution in [0.25, 0.3) is 0 Å². The summed E-state index contributed by atoms with van der Waals surface area (Å²) in [5, 5.41) is 8.83. The van der Waals surface area contributed by atoms with Crippen LogP contribution in [-0.2, 0) is 0 Å². The summed E-state index contributed by atoms with van der Waals surface area (Å²) in [6.45, 7) is 11.4. The highest BCUT2D eigenvalue weighted by Crippen LogP contribution is 2.28. The molecule has 96 valence electrons. The van der Waals surface area contributed by atoms with E-state index in [1.165, 1.54) is 6.07 Å². The standard InChI is InChI=1S/C13H21NO3/c1-6-14(13(3,4)5)9(2)10-7-8-11(17-10)12(15)16/h7-9H,6H2,1-5H3,(H,15,16). The molecule has 0 saturated carbocycles. The summed E-state index contributed by atoms with van der Waals surface area (Å²) < 4.78 is 5.34. The molecule has 4 heteroatoms. The van der Waals surface area contributed by atoms with Gasteiger partial charge in [0.1, 0.15) is 5.76 Å². The maximum atomic E-state index is 10.8. The summed E-state index contributed by atoms with van der Waals surface area (Å²) in [6, 6.07) is 3.31. The van der Waals surface area contributed by atoms with Gasteiger partial charge in [0.2, 0.25) is 5.76 Å². The monoisotopic (exact) mass is 239 g/mol. The van der Waals surface area contributed by atoms with E-state index in [-0.39, 0.29) is 17.3 Å². The fourth-order valence-electron chi connectivity index (χ4n) is 2.18. The largest absolute Gasteiger partial charge is 0.475 e. The normalized spacial score (nSPS) is 14.0. The zero-order chi connectivity index (χ0) is 13.2. The van der Waals surface area contributed by atoms with Crippen LogP contribution in [0.3, 0.4) is 0 Å². The molecule has 1 aromatic heterocycles. The Kier molecular flexibility index (Phi) is 3.98. The van der Waals surface area contributed by atoms with Gasteiger partial charge in [-0.3, -0.25) is 4.90 Å². The molecule has 0 aliphatic carbocycles. The van der Waals surface area contributed by atoms with Crippen LogP contribution in [0.5, 0.6) is 0 Å². The van der Waals surface area contributed by atoms with Crippen LogP contribution in [0.4, 0.5) is 0 Å². The highest BCUT2D eigenvalue weighted by Gasteiger charge is 2.27. The number of hydrogen-bond donors (Lipinski definition) is 1. The van der Waals surface area contributed by atoms with E-state index in [1.54, 1.807) is 6.07 Å². The molecular formula is C13H21NO3. The number of rotatable bonds is 4. The highest BCUT2D eigenvalue weighted by atomic mass is 16.4. The van der Waals surface area contributed by atoms with Crippen molar-refractivity contribution < 1.29 is 14.3 Å². The molecule has 1 N–H and O–H groups in total. The number of aromatic carboxylic acids is 1. The Hall–Kier alpha value is -1.29. The molecule has 0 aromatic carbocycles. The average Bonchev–Trinajstić information content (AvgIpc) is 2.64. The minimum absolute atomic E-state index is 0.00295. The first kappa shape index (κ1) is 13.8. The second kappa shape index (κ2) is 4.92. The van der Waals surface area contributed by atoms with Gasteiger partial charge in [-0.05, 0) is 46.4 Å². The maximum absolute atomic E-state index is 10.8. The van der Waals surface area contributed by atoms with E-state index in [9.17, 15) is 4.79 Å². The Morgan fingerprint density at radius 3 is 2.41 bits per heavy atom. The van der Waals surface area contributed by atoms with Gasteiger partial charge in [0.25, 0.3) is 0 Å². The van der Waals surface area contributed by atoms with E-state index in [4.69, 9.17) is 9.52 Å². The van der Waals surface area contributed by atoms with Gasteiger partial charge >= 0.3 is 5.97 Å². The Bertz CT molecular complexity index is 390. The Morgan fingerprint density at radius 2 is 2.06 bits per heavy atom. The molecule has 4 nitrogen and oxygen atoms in total. The van der Waals surface area contributed by atoms with Crippen molar-refractivity contribution in [1.29, 1.82) is 0 Å². The molecule has 1 heterocycles. The van der Waals surface area contributed by atoms with Crippen LogP contribution in [-0.4, -0.2) is 28.1 Å². The molecule has 1 rings (SSSR count). The van der Waals surface area contributed by atoms with Crippen molar-refractivity contribution in [2.24, 2.45) is 0 Å². The summed E-state index contributed by atoms with van der Waals surface area (Å²) in [7, 11) is 0. The van der Waals surface area contributed by atoms with Crippen LogP contribution in [0.15, 0.2) is 16.5 Å². The van der Waals surface area contributed by atoms with Crippen LogP contribution in [0.1, 0.15) is 57.0 Å². The second-order valence-corrected chi connectivity index (χ2v) is 5.14. The smallest absolute Gasteiger partial charge is 0.371 e. The molecule has 0 spiro atoms.